The van der Waals surface area contributed by atoms with E-state index in [4.69, 9.17) is 0 Å². The number of nitrogens with one attached hydrogen (secondary N) is 1. The van der Waals surface area contributed by atoms with Crippen LogP contribution < -0.4 is 5.32 Å². The summed E-state index contributed by atoms with van der Waals surface area (Å²) in [4.78, 5) is 2.24. The molecule has 0 aromatic carbocycles. The molecule has 0 amide bonds. The third-order valence-electron chi connectivity index (χ3n) is 2.92. The fourth-order valence-corrected chi connectivity index (χ4v) is 3.20. The van der Waals surface area contributed by atoms with E-state index in [1.165, 1.54) is 19.1 Å². The van der Waals surface area contributed by atoms with Gasteiger partial charge >= 0.3 is 0 Å². The van der Waals surface area contributed by atoms with E-state index < -0.39 is 15.9 Å². The molecular weight excluding hydrogens is 240 g/mol. The Bertz CT molecular complexity index is 313. The Morgan fingerprint density at radius 2 is 1.94 bits per heavy atom. The molecule has 0 radical (unpaired) electrons. The molecule has 2 atom stereocenters. The molecule has 17 heavy (non-hydrogen) atoms. The molecule has 1 heterocycles. The van der Waals surface area contributed by atoms with E-state index in [0.717, 1.165) is 13.1 Å². The predicted octanol–water partition coefficient (Wildman–Crippen LogP) is -0.534. The lowest BCUT2D eigenvalue weighted by atomic mass is 10.3. The maximum atomic E-state index is 11.1. The zero-order chi connectivity index (χ0) is 12.9. The number of nitrogens with zero attached hydrogens (tertiary/aromatic N) is 1. The Morgan fingerprint density at radius 1 is 1.35 bits per heavy atom. The van der Waals surface area contributed by atoms with Crippen LogP contribution in [0.1, 0.15) is 19.8 Å². The van der Waals surface area contributed by atoms with Crippen LogP contribution in [0.15, 0.2) is 0 Å². The SMILES string of the molecule is CC(CS(C)(=O)=O)NCC(O)CN1CCCC1. The molecular formula is C11H24N2O3S. The van der Waals surface area contributed by atoms with E-state index in [-0.39, 0.29) is 11.8 Å². The predicted molar refractivity (Wildman–Crippen MR) is 68.9 cm³/mol. The lowest BCUT2D eigenvalue weighted by molar-refractivity contribution is 0.121. The second kappa shape index (κ2) is 6.68. The van der Waals surface area contributed by atoms with Gasteiger partial charge in [0.05, 0.1) is 11.9 Å². The minimum absolute atomic E-state index is 0.113. The molecule has 1 aliphatic rings. The van der Waals surface area contributed by atoms with Gasteiger partial charge in [0.2, 0.25) is 0 Å². The van der Waals surface area contributed by atoms with Crippen molar-refractivity contribution in [1.82, 2.24) is 10.2 Å². The van der Waals surface area contributed by atoms with E-state index in [0.29, 0.717) is 13.1 Å². The summed E-state index contributed by atoms with van der Waals surface area (Å²) < 4.78 is 22.1. The molecule has 1 aliphatic heterocycles. The number of hydrogen-bond donors (Lipinski definition) is 2. The van der Waals surface area contributed by atoms with E-state index in [1.54, 1.807) is 0 Å². The zero-order valence-corrected chi connectivity index (χ0v) is 11.5. The van der Waals surface area contributed by atoms with Gasteiger partial charge in [0.25, 0.3) is 0 Å². The first-order chi connectivity index (χ1) is 7.87. The summed E-state index contributed by atoms with van der Waals surface area (Å²) in [5, 5.41) is 12.9. The molecule has 102 valence electrons. The topological polar surface area (TPSA) is 69.6 Å². The fourth-order valence-electron chi connectivity index (χ4n) is 2.18. The Morgan fingerprint density at radius 3 is 2.47 bits per heavy atom. The van der Waals surface area contributed by atoms with Crippen molar-refractivity contribution in [3.63, 3.8) is 0 Å². The van der Waals surface area contributed by atoms with Gasteiger partial charge in [-0.2, -0.15) is 0 Å². The minimum atomic E-state index is -2.95. The number of sulfone groups is 1. The van der Waals surface area contributed by atoms with Crippen molar-refractivity contribution in [1.29, 1.82) is 0 Å². The summed E-state index contributed by atoms with van der Waals surface area (Å²) in [5.74, 6) is 0.115. The number of β-amino-alcohol motifs (C(OH)–C–C–N with tert-alkyl or cyclic N) is 1. The number of rotatable bonds is 7. The molecule has 0 bridgehead atoms. The summed E-state index contributed by atoms with van der Waals surface area (Å²) in [6.45, 7) is 5.08. The molecule has 5 nitrogen and oxygen atoms in total. The molecule has 0 saturated carbocycles. The maximum Gasteiger partial charge on any atom is 0.148 e. The van der Waals surface area contributed by atoms with Crippen LogP contribution >= 0.6 is 0 Å². The minimum Gasteiger partial charge on any atom is -0.390 e. The van der Waals surface area contributed by atoms with Gasteiger partial charge < -0.3 is 15.3 Å². The van der Waals surface area contributed by atoms with Gasteiger partial charge in [-0.05, 0) is 32.9 Å². The van der Waals surface area contributed by atoms with Crippen LogP contribution in [0.25, 0.3) is 0 Å². The average Bonchev–Trinajstić information content (AvgIpc) is 2.64. The molecule has 1 fully saturated rings. The van der Waals surface area contributed by atoms with Crippen molar-refractivity contribution in [2.45, 2.75) is 31.9 Å². The molecule has 2 N–H and O–H groups in total. The lowest BCUT2D eigenvalue weighted by Gasteiger charge is -2.21. The number of hydrogen-bond acceptors (Lipinski definition) is 5. The summed E-state index contributed by atoms with van der Waals surface area (Å²) in [6, 6.07) is -0.113. The molecule has 1 rings (SSSR count). The van der Waals surface area contributed by atoms with Crippen LogP contribution in [0.3, 0.4) is 0 Å². The fraction of sp³-hybridized carbons (Fsp3) is 1.00. The van der Waals surface area contributed by atoms with Crippen molar-refractivity contribution in [3.8, 4) is 0 Å². The number of aliphatic hydroxyl groups is 1. The van der Waals surface area contributed by atoms with E-state index >= 15 is 0 Å². The van der Waals surface area contributed by atoms with Crippen molar-refractivity contribution >= 4 is 9.84 Å². The smallest absolute Gasteiger partial charge is 0.148 e. The van der Waals surface area contributed by atoms with E-state index in [2.05, 4.69) is 10.2 Å². The molecule has 1 saturated heterocycles. The highest BCUT2D eigenvalue weighted by Gasteiger charge is 2.17. The first-order valence-corrected chi connectivity index (χ1v) is 8.24. The number of aliphatic hydroxyl groups excluding tert-OH is 1. The third-order valence-corrected chi connectivity index (χ3v) is 4.03. The largest absolute Gasteiger partial charge is 0.390 e. The van der Waals surface area contributed by atoms with Gasteiger partial charge in [-0.1, -0.05) is 0 Å². The Hall–Kier alpha value is -0.170. The second-order valence-electron chi connectivity index (χ2n) is 5.06. The monoisotopic (exact) mass is 264 g/mol. The molecule has 6 heteroatoms. The highest BCUT2D eigenvalue weighted by atomic mass is 32.2. The maximum absolute atomic E-state index is 11.1. The average molecular weight is 264 g/mol. The molecule has 0 aromatic heterocycles. The Balaban J connectivity index is 2.16. The van der Waals surface area contributed by atoms with Crippen LogP contribution in [0.2, 0.25) is 0 Å². The standard InChI is InChI=1S/C11H24N2O3S/c1-10(9-17(2,15)16)12-7-11(14)8-13-5-3-4-6-13/h10-12,14H,3-9H2,1-2H3. The van der Waals surface area contributed by atoms with E-state index in [9.17, 15) is 13.5 Å². The van der Waals surface area contributed by atoms with Crippen molar-refractivity contribution < 1.29 is 13.5 Å². The highest BCUT2D eigenvalue weighted by molar-refractivity contribution is 7.90. The van der Waals surface area contributed by atoms with Gasteiger partial charge in [-0.25, -0.2) is 8.42 Å². The van der Waals surface area contributed by atoms with Gasteiger partial charge in [0.15, 0.2) is 0 Å². The van der Waals surface area contributed by atoms with Crippen molar-refractivity contribution in [3.05, 3.63) is 0 Å². The van der Waals surface area contributed by atoms with Gasteiger partial charge in [-0.15, -0.1) is 0 Å². The van der Waals surface area contributed by atoms with Crippen LogP contribution in [0.4, 0.5) is 0 Å². The molecule has 0 spiro atoms. The summed E-state index contributed by atoms with van der Waals surface area (Å²) in [5.41, 5.74) is 0. The van der Waals surface area contributed by atoms with Gasteiger partial charge in [-0.3, -0.25) is 0 Å². The highest BCUT2D eigenvalue weighted by Crippen LogP contribution is 2.07. The quantitative estimate of drug-likeness (QED) is 0.647. The molecule has 2 unspecified atom stereocenters. The molecule has 0 aromatic rings. The Kier molecular flexibility index (Phi) is 5.85. The van der Waals surface area contributed by atoms with Crippen molar-refractivity contribution in [2.75, 3.05) is 38.2 Å². The van der Waals surface area contributed by atoms with Crippen LogP contribution in [-0.2, 0) is 9.84 Å². The summed E-state index contributed by atoms with van der Waals surface area (Å²) >= 11 is 0. The van der Waals surface area contributed by atoms with Crippen LogP contribution in [0, 0.1) is 0 Å². The third kappa shape index (κ3) is 6.98. The van der Waals surface area contributed by atoms with Crippen LogP contribution in [-0.4, -0.2) is 68.8 Å². The molecule has 0 aliphatic carbocycles. The van der Waals surface area contributed by atoms with Gasteiger partial charge in [0.1, 0.15) is 9.84 Å². The van der Waals surface area contributed by atoms with Gasteiger partial charge in [0, 0.05) is 25.4 Å². The zero-order valence-electron chi connectivity index (χ0n) is 10.7. The number of likely N-dealkylation sites (tertiary alicyclic amines) is 1. The lowest BCUT2D eigenvalue weighted by Crippen LogP contribution is -2.42. The first-order valence-electron chi connectivity index (χ1n) is 6.18. The second-order valence-corrected chi connectivity index (χ2v) is 7.25. The van der Waals surface area contributed by atoms with Crippen LogP contribution in [0.5, 0.6) is 0 Å². The summed E-state index contributed by atoms with van der Waals surface area (Å²) in [6.07, 6.45) is 3.23. The van der Waals surface area contributed by atoms with Crippen molar-refractivity contribution in [2.24, 2.45) is 0 Å². The first kappa shape index (κ1) is 14.9. The normalized spacial score (nSPS) is 21.6. The van der Waals surface area contributed by atoms with E-state index in [1.807, 2.05) is 6.92 Å². The Labute approximate surface area is 104 Å². The summed E-state index contributed by atoms with van der Waals surface area (Å²) in [7, 11) is -2.95.